The molecule has 0 spiro atoms. The Morgan fingerprint density at radius 1 is 0.846 bits per heavy atom. The molecule has 0 aromatic carbocycles. The maximum absolute atomic E-state index is 3.68. The van der Waals surface area contributed by atoms with Crippen LogP contribution in [0.5, 0.6) is 0 Å². The summed E-state index contributed by atoms with van der Waals surface area (Å²) in [6.45, 7) is 14.5. The molecule has 0 nitrogen and oxygen atoms in total. The van der Waals surface area contributed by atoms with Crippen molar-refractivity contribution in [3.8, 4) is 0 Å². The molecule has 13 heavy (non-hydrogen) atoms. The molecular weight excluding hydrogens is 339 g/mol. The second-order valence-electron chi connectivity index (χ2n) is 2.57. The van der Waals surface area contributed by atoms with Gasteiger partial charge in [0.1, 0.15) is 0 Å². The molecule has 1 heteroatoms. The number of hydrogen-bond acceptors (Lipinski definition) is 0. The van der Waals surface area contributed by atoms with Crippen LogP contribution in [0.2, 0.25) is 0 Å². The number of unbranched alkanes of at least 4 members (excludes halogenated alkanes) is 4. The van der Waals surface area contributed by atoms with E-state index in [0.717, 1.165) is 25.7 Å². The van der Waals surface area contributed by atoms with E-state index in [9.17, 15) is 0 Å². The molecule has 0 N–H and O–H groups in total. The van der Waals surface area contributed by atoms with Crippen LogP contribution in [-0.2, 0) is 21.1 Å². The van der Waals surface area contributed by atoms with Crippen molar-refractivity contribution in [1.29, 1.82) is 0 Å². The summed E-state index contributed by atoms with van der Waals surface area (Å²) < 4.78 is 0. The molecule has 80 valence electrons. The third-order valence-electron chi connectivity index (χ3n) is 1.32. The first-order chi connectivity index (χ1) is 5.83. The molecule has 0 saturated carbocycles. The second-order valence-corrected chi connectivity index (χ2v) is 2.57. The predicted molar refractivity (Wildman–Crippen MR) is 58.8 cm³/mol. The zero-order valence-corrected chi connectivity index (χ0v) is 10.8. The minimum absolute atomic E-state index is 0. The van der Waals surface area contributed by atoms with E-state index in [1.54, 1.807) is 0 Å². The van der Waals surface area contributed by atoms with Gasteiger partial charge in [0.2, 0.25) is 0 Å². The van der Waals surface area contributed by atoms with E-state index in [1.165, 1.54) is 12.8 Å². The molecule has 0 bridgehead atoms. The van der Waals surface area contributed by atoms with Crippen molar-refractivity contribution in [1.82, 2.24) is 0 Å². The first-order valence-corrected chi connectivity index (χ1v) is 4.63. The van der Waals surface area contributed by atoms with Crippen LogP contribution in [0.15, 0.2) is 25.3 Å². The van der Waals surface area contributed by atoms with Crippen LogP contribution in [0.3, 0.4) is 0 Å². The van der Waals surface area contributed by atoms with Gasteiger partial charge in [-0.2, -0.15) is 12.8 Å². The summed E-state index contributed by atoms with van der Waals surface area (Å²) in [6.07, 6.45) is 10.5. The Bertz CT molecular complexity index is 75.1. The molecule has 0 aromatic heterocycles. The molecule has 0 fully saturated rings. The van der Waals surface area contributed by atoms with Crippen LogP contribution in [0, 0.1) is 13.8 Å². The van der Waals surface area contributed by atoms with E-state index >= 15 is 0 Å². The topological polar surface area (TPSA) is 0 Å². The van der Waals surface area contributed by atoms with E-state index < -0.39 is 0 Å². The zero-order valence-electron chi connectivity index (χ0n) is 8.54. The van der Waals surface area contributed by atoms with E-state index in [1.807, 2.05) is 12.2 Å². The van der Waals surface area contributed by atoms with Gasteiger partial charge < -0.3 is 13.8 Å². The van der Waals surface area contributed by atoms with E-state index in [-0.39, 0.29) is 21.1 Å². The van der Waals surface area contributed by atoms with Crippen LogP contribution in [0.4, 0.5) is 0 Å². The minimum Gasteiger partial charge on any atom is -0.343 e. The molecule has 0 aliphatic carbocycles. The Balaban J connectivity index is -0.000000143. The van der Waals surface area contributed by atoms with Crippen LogP contribution < -0.4 is 0 Å². The van der Waals surface area contributed by atoms with Gasteiger partial charge >= 0.3 is 21.1 Å². The Labute approximate surface area is 98.8 Å². The Morgan fingerprint density at radius 3 is 1.23 bits per heavy atom. The normalized spacial score (nSPS) is 7.54. The fourth-order valence-electron chi connectivity index (χ4n) is 0.577. The fraction of sp³-hybridized carbons (Fsp3) is 0.500. The molecule has 0 aliphatic rings. The van der Waals surface area contributed by atoms with Crippen molar-refractivity contribution < 1.29 is 21.1 Å². The van der Waals surface area contributed by atoms with E-state index in [0.29, 0.717) is 0 Å². The Morgan fingerprint density at radius 2 is 1.15 bits per heavy atom. The van der Waals surface area contributed by atoms with E-state index in [4.69, 9.17) is 0 Å². The van der Waals surface area contributed by atoms with Crippen LogP contribution in [0.25, 0.3) is 0 Å². The molecule has 0 aromatic rings. The Kier molecular flexibility index (Phi) is 33.0. The van der Waals surface area contributed by atoms with Crippen LogP contribution in [-0.4, -0.2) is 0 Å². The molecule has 0 saturated heterocycles. The molecule has 0 atom stereocenters. The van der Waals surface area contributed by atoms with E-state index in [2.05, 4.69) is 27.0 Å². The first kappa shape index (κ1) is 18.9. The largest absolute Gasteiger partial charge is 2.00 e. The number of hydrogen-bond donors (Lipinski definition) is 0. The molecule has 0 radical (unpaired) electrons. The minimum atomic E-state index is 0. The molecule has 0 rings (SSSR count). The Hall–Kier alpha value is 0.168. The summed E-state index contributed by atoms with van der Waals surface area (Å²) in [5.74, 6) is 0. The van der Waals surface area contributed by atoms with Gasteiger partial charge in [-0.05, 0) is 12.8 Å². The van der Waals surface area contributed by atoms with Crippen molar-refractivity contribution in [2.45, 2.75) is 38.5 Å². The number of rotatable bonds is 6. The number of allylic oxidation sites excluding steroid dienone is 2. The van der Waals surface area contributed by atoms with Crippen molar-refractivity contribution in [2.75, 3.05) is 0 Å². The average Bonchev–Trinajstić information content (AvgIpc) is 2.12. The van der Waals surface area contributed by atoms with Gasteiger partial charge in [-0.25, -0.2) is 0 Å². The summed E-state index contributed by atoms with van der Waals surface area (Å²) >= 11 is 0. The third-order valence-corrected chi connectivity index (χ3v) is 1.32. The summed E-state index contributed by atoms with van der Waals surface area (Å²) in [4.78, 5) is 0. The quantitative estimate of drug-likeness (QED) is 0.375. The zero-order chi connectivity index (χ0) is 9.66. The van der Waals surface area contributed by atoms with Crippen LogP contribution in [0.1, 0.15) is 38.5 Å². The molecule has 0 aliphatic heterocycles. The fourth-order valence-corrected chi connectivity index (χ4v) is 0.577. The monoisotopic (exact) mass is 361 g/mol. The summed E-state index contributed by atoms with van der Waals surface area (Å²) in [5.41, 5.74) is 0. The van der Waals surface area contributed by atoms with Gasteiger partial charge in [-0.3, -0.25) is 0 Å². The maximum Gasteiger partial charge on any atom is 2.00 e. The maximum atomic E-state index is 3.68. The predicted octanol–water partition coefficient (Wildman–Crippen LogP) is 4.35. The molecule has 0 unspecified atom stereocenters. The van der Waals surface area contributed by atoms with Crippen LogP contribution >= 0.6 is 0 Å². The summed E-state index contributed by atoms with van der Waals surface area (Å²) in [7, 11) is 0. The van der Waals surface area contributed by atoms with Gasteiger partial charge in [-0.1, -0.05) is 25.0 Å². The molecular formula is C12H22Pt. The average molecular weight is 361 g/mol. The van der Waals surface area contributed by atoms with Gasteiger partial charge in [-0.15, -0.1) is 13.2 Å². The van der Waals surface area contributed by atoms with Crippen molar-refractivity contribution in [3.63, 3.8) is 0 Å². The van der Waals surface area contributed by atoms with Crippen molar-refractivity contribution in [3.05, 3.63) is 39.2 Å². The van der Waals surface area contributed by atoms with Gasteiger partial charge in [0, 0.05) is 0 Å². The molecule has 0 amide bonds. The summed E-state index contributed by atoms with van der Waals surface area (Å²) in [6, 6.07) is 0. The SMILES string of the molecule is C=CCCC[CH2-].C=CCCC[CH2-].[Pt+2]. The van der Waals surface area contributed by atoms with Gasteiger partial charge in [0.25, 0.3) is 0 Å². The second kappa shape index (κ2) is 22.7. The summed E-state index contributed by atoms with van der Waals surface area (Å²) in [5, 5.41) is 0. The standard InChI is InChI=1S/2C6H11.Pt/c2*1-3-5-6-4-2;/h2*3H,1-2,4-6H2;/q2*-1;+2. The van der Waals surface area contributed by atoms with Crippen molar-refractivity contribution >= 4 is 0 Å². The van der Waals surface area contributed by atoms with Gasteiger partial charge in [0.05, 0.1) is 0 Å². The first-order valence-electron chi connectivity index (χ1n) is 4.63. The molecule has 0 heterocycles. The smallest absolute Gasteiger partial charge is 0.343 e. The third kappa shape index (κ3) is 33.1. The van der Waals surface area contributed by atoms with Gasteiger partial charge in [0.15, 0.2) is 0 Å². The van der Waals surface area contributed by atoms with Crippen molar-refractivity contribution in [2.24, 2.45) is 0 Å².